The lowest BCUT2D eigenvalue weighted by molar-refractivity contribution is -0.113. The Labute approximate surface area is 190 Å². The smallest absolute Gasteiger partial charge is 0.269 e. The van der Waals surface area contributed by atoms with Crippen LogP contribution in [0.3, 0.4) is 0 Å². The van der Waals surface area contributed by atoms with Crippen molar-refractivity contribution in [3.63, 3.8) is 0 Å². The van der Waals surface area contributed by atoms with Crippen LogP contribution in [0.1, 0.15) is 22.8 Å². The van der Waals surface area contributed by atoms with Crippen LogP contribution < -0.4 is 9.62 Å². The Kier molecular flexibility index (Phi) is 5.97. The van der Waals surface area contributed by atoms with Gasteiger partial charge in [-0.1, -0.05) is 36.4 Å². The Morgan fingerprint density at radius 3 is 2.36 bits per heavy atom. The van der Waals surface area contributed by atoms with Gasteiger partial charge in [0.05, 0.1) is 34.7 Å². The number of nitrogens with one attached hydrogen (secondary N) is 1. The maximum Gasteiger partial charge on any atom is 0.269 e. The lowest BCUT2D eigenvalue weighted by atomic mass is 9.94. The second-order valence-corrected chi connectivity index (χ2v) is 8.74. The third-order valence-corrected chi connectivity index (χ3v) is 6.32. The van der Waals surface area contributed by atoms with Gasteiger partial charge in [-0.15, -0.1) is 0 Å². The van der Waals surface area contributed by atoms with Gasteiger partial charge < -0.3 is 4.74 Å². The molecule has 0 aromatic heterocycles. The molecule has 1 N–H and O–H groups in total. The van der Waals surface area contributed by atoms with Crippen molar-refractivity contribution < 1.29 is 27.1 Å². The lowest BCUT2D eigenvalue weighted by Crippen LogP contribution is -2.42. The molecule has 7 nitrogen and oxygen atoms in total. The molecule has 0 bridgehead atoms. The highest BCUT2D eigenvalue weighted by molar-refractivity contribution is 7.92. The molecule has 1 heterocycles. The van der Waals surface area contributed by atoms with Gasteiger partial charge in [0, 0.05) is 11.1 Å². The zero-order chi connectivity index (χ0) is 23.6. The van der Waals surface area contributed by atoms with Gasteiger partial charge in [-0.25, -0.2) is 17.7 Å². The van der Waals surface area contributed by atoms with E-state index in [1.165, 1.54) is 48.7 Å². The van der Waals surface area contributed by atoms with Gasteiger partial charge in [0.2, 0.25) is 0 Å². The zero-order valence-electron chi connectivity index (χ0n) is 17.5. The lowest BCUT2D eigenvalue weighted by Gasteiger charge is -2.28. The van der Waals surface area contributed by atoms with E-state index in [1.54, 1.807) is 31.2 Å². The van der Waals surface area contributed by atoms with Gasteiger partial charge in [-0.05, 0) is 43.3 Å². The molecule has 0 saturated heterocycles. The highest BCUT2D eigenvalue weighted by Gasteiger charge is 2.36. The number of rotatable bonds is 6. The number of fused-ring (bicyclic) bond motifs is 1. The number of sulfonamides is 1. The summed E-state index contributed by atoms with van der Waals surface area (Å²) in [5.74, 6) is -1.98. The number of anilines is 2. The van der Waals surface area contributed by atoms with E-state index in [1.807, 2.05) is 0 Å². The van der Waals surface area contributed by atoms with Crippen LogP contribution in [0.5, 0.6) is 0 Å². The second-order valence-electron chi connectivity index (χ2n) is 7.06. The van der Waals surface area contributed by atoms with Gasteiger partial charge in [0.15, 0.2) is 0 Å². The van der Waals surface area contributed by atoms with E-state index in [2.05, 4.69) is 4.72 Å². The second kappa shape index (κ2) is 8.87. The van der Waals surface area contributed by atoms with Crippen molar-refractivity contribution >= 4 is 38.8 Å². The number of amides is 2. The van der Waals surface area contributed by atoms with Gasteiger partial charge in [0.1, 0.15) is 5.82 Å². The summed E-state index contributed by atoms with van der Waals surface area (Å²) in [5, 5.41) is 0. The van der Waals surface area contributed by atoms with Crippen LogP contribution in [-0.4, -0.2) is 26.8 Å². The van der Waals surface area contributed by atoms with E-state index in [-0.39, 0.29) is 27.4 Å². The van der Waals surface area contributed by atoms with Gasteiger partial charge in [0.25, 0.3) is 21.8 Å². The fraction of sp³-hybridized carbons (Fsp3) is 0.0833. The average molecular weight is 466 g/mol. The summed E-state index contributed by atoms with van der Waals surface area (Å²) >= 11 is 0. The van der Waals surface area contributed by atoms with Crippen LogP contribution in [-0.2, 0) is 19.6 Å². The summed E-state index contributed by atoms with van der Waals surface area (Å²) in [6, 6.07) is 17.3. The van der Waals surface area contributed by atoms with E-state index in [0.29, 0.717) is 12.2 Å². The maximum atomic E-state index is 14.0. The van der Waals surface area contributed by atoms with E-state index < -0.39 is 27.7 Å². The minimum Gasteiger partial charge on any atom is -0.501 e. The molecular formula is C24H19FN2O5S. The van der Waals surface area contributed by atoms with Crippen molar-refractivity contribution in [2.75, 3.05) is 16.2 Å². The zero-order valence-corrected chi connectivity index (χ0v) is 18.3. The number of imide groups is 1. The molecule has 3 aromatic carbocycles. The van der Waals surface area contributed by atoms with Crippen molar-refractivity contribution in [2.45, 2.75) is 11.8 Å². The topological polar surface area (TPSA) is 92.8 Å². The highest BCUT2D eigenvalue weighted by Crippen LogP contribution is 2.33. The molecular weight excluding hydrogens is 447 g/mol. The number of ether oxygens (including phenoxy) is 1. The number of carbonyl (C=O) groups is 2. The number of halogens is 1. The minimum atomic E-state index is -4.20. The molecule has 0 aliphatic carbocycles. The van der Waals surface area contributed by atoms with Crippen LogP contribution in [0.4, 0.5) is 15.8 Å². The first-order valence-corrected chi connectivity index (χ1v) is 11.5. The molecule has 0 spiro atoms. The summed E-state index contributed by atoms with van der Waals surface area (Å²) in [6.07, 6.45) is 1.29. The van der Waals surface area contributed by atoms with E-state index >= 15 is 0 Å². The summed E-state index contributed by atoms with van der Waals surface area (Å²) in [6.45, 7) is 2.08. The summed E-state index contributed by atoms with van der Waals surface area (Å²) in [4.78, 5) is 27.1. The first kappa shape index (κ1) is 22.2. The summed E-state index contributed by atoms with van der Waals surface area (Å²) < 4.78 is 47.2. The summed E-state index contributed by atoms with van der Waals surface area (Å²) in [7, 11) is -4.20. The molecule has 0 unspecified atom stereocenters. The Morgan fingerprint density at radius 1 is 0.939 bits per heavy atom. The van der Waals surface area contributed by atoms with Crippen molar-refractivity contribution in [3.05, 3.63) is 96.0 Å². The Balaban J connectivity index is 1.76. The van der Waals surface area contributed by atoms with Crippen molar-refractivity contribution in [1.29, 1.82) is 0 Å². The third-order valence-electron chi connectivity index (χ3n) is 4.96. The molecule has 3 aromatic rings. The number of benzene rings is 3. The Hall–Kier alpha value is -3.98. The highest BCUT2D eigenvalue weighted by atomic mass is 32.2. The van der Waals surface area contributed by atoms with Crippen LogP contribution in [0, 0.1) is 5.82 Å². The predicted molar refractivity (Wildman–Crippen MR) is 122 cm³/mol. The average Bonchev–Trinajstić information content (AvgIpc) is 2.81. The van der Waals surface area contributed by atoms with Crippen LogP contribution >= 0.6 is 0 Å². The first-order valence-electron chi connectivity index (χ1n) is 10.0. The molecule has 33 heavy (non-hydrogen) atoms. The normalized spacial score (nSPS) is 14.8. The Morgan fingerprint density at radius 2 is 1.64 bits per heavy atom. The van der Waals surface area contributed by atoms with E-state index in [9.17, 15) is 22.4 Å². The number of hydrogen-bond acceptors (Lipinski definition) is 5. The van der Waals surface area contributed by atoms with Gasteiger partial charge in [-0.3, -0.25) is 14.3 Å². The number of carbonyl (C=O) groups excluding carboxylic acids is 2. The Bertz CT molecular complexity index is 1380. The number of para-hydroxylation sites is 1. The molecule has 0 atom stereocenters. The van der Waals surface area contributed by atoms with Crippen molar-refractivity contribution in [3.8, 4) is 0 Å². The van der Waals surface area contributed by atoms with Crippen molar-refractivity contribution in [1.82, 2.24) is 0 Å². The van der Waals surface area contributed by atoms with Gasteiger partial charge >= 0.3 is 0 Å². The minimum absolute atomic E-state index is 0.0540. The molecule has 2 amide bonds. The monoisotopic (exact) mass is 466 g/mol. The largest absolute Gasteiger partial charge is 0.501 e. The predicted octanol–water partition coefficient (Wildman–Crippen LogP) is 4.19. The van der Waals surface area contributed by atoms with Crippen molar-refractivity contribution in [2.24, 2.45) is 0 Å². The maximum absolute atomic E-state index is 14.0. The van der Waals surface area contributed by atoms with Gasteiger partial charge in [-0.2, -0.15) is 0 Å². The molecule has 0 radical (unpaired) electrons. The fourth-order valence-corrected chi connectivity index (χ4v) is 4.51. The number of nitrogens with zero attached hydrogens (tertiary/aromatic N) is 1. The van der Waals surface area contributed by atoms with Crippen LogP contribution in [0.15, 0.2) is 84.0 Å². The molecule has 0 saturated carbocycles. The van der Waals surface area contributed by atoms with Crippen LogP contribution in [0.2, 0.25) is 0 Å². The van der Waals surface area contributed by atoms with E-state index in [4.69, 9.17) is 4.74 Å². The first-order chi connectivity index (χ1) is 15.8. The molecule has 0 fully saturated rings. The number of hydrogen-bond donors (Lipinski definition) is 1. The molecule has 9 heteroatoms. The van der Waals surface area contributed by atoms with Crippen LogP contribution in [0.25, 0.3) is 5.57 Å². The summed E-state index contributed by atoms with van der Waals surface area (Å²) in [5.41, 5.74) is 0.718. The third kappa shape index (κ3) is 4.22. The molecule has 168 valence electrons. The molecule has 1 aliphatic heterocycles. The SMILES string of the molecule is CCO/C=C1/C(=O)N(c2cccc(S(=O)(=O)Nc3ccccc3F)c2)C(=O)c2ccccc21. The standard InChI is InChI=1S/C24H19FN2O5S/c1-2-32-15-20-18-10-3-4-11-19(18)23(28)27(24(20)29)16-8-7-9-17(14-16)33(30,31)26-22-13-6-5-12-21(22)25/h3-15,26H,2H2,1H3/b20-15+. The fourth-order valence-electron chi connectivity index (χ4n) is 3.41. The quantitative estimate of drug-likeness (QED) is 0.334. The molecule has 4 rings (SSSR count). The van der Waals surface area contributed by atoms with E-state index in [0.717, 1.165) is 11.0 Å². The molecule has 1 aliphatic rings.